The molecule has 1 N–H and O–H groups in total. The van der Waals surface area contributed by atoms with Gasteiger partial charge in [-0.3, -0.25) is 0 Å². The molecule has 0 radical (unpaired) electrons. The summed E-state index contributed by atoms with van der Waals surface area (Å²) in [5, 5.41) is 13.9. The molecule has 0 amide bonds. The van der Waals surface area contributed by atoms with Crippen LogP contribution in [0.25, 0.3) is 16.8 Å². The third-order valence-electron chi connectivity index (χ3n) is 3.34. The molecular weight excluding hydrogens is 248 g/mol. The third-order valence-corrected chi connectivity index (χ3v) is 3.34. The van der Waals surface area contributed by atoms with Crippen molar-refractivity contribution in [1.29, 1.82) is 0 Å². The molecule has 0 saturated carbocycles. The highest BCUT2D eigenvalue weighted by Crippen LogP contribution is 2.22. The summed E-state index contributed by atoms with van der Waals surface area (Å²) < 4.78 is 1.81. The number of rotatable bonds is 3. The van der Waals surface area contributed by atoms with Crippen molar-refractivity contribution < 1.29 is 5.11 Å². The van der Waals surface area contributed by atoms with E-state index in [0.717, 1.165) is 27.9 Å². The minimum atomic E-state index is 0.0115. The van der Waals surface area contributed by atoms with Gasteiger partial charge in [0.15, 0.2) is 0 Å². The molecule has 0 atom stereocenters. The summed E-state index contributed by atoms with van der Waals surface area (Å²) in [4.78, 5) is 0. The highest BCUT2D eigenvalue weighted by Gasteiger charge is 2.07. The van der Waals surface area contributed by atoms with Gasteiger partial charge in [-0.05, 0) is 18.6 Å². The molecule has 1 heterocycles. The van der Waals surface area contributed by atoms with Crippen molar-refractivity contribution >= 4 is 0 Å². The molecule has 100 valence electrons. The van der Waals surface area contributed by atoms with E-state index in [1.807, 2.05) is 60.4 Å². The molecule has 20 heavy (non-hydrogen) atoms. The average molecular weight is 264 g/mol. The molecule has 3 rings (SSSR count). The lowest BCUT2D eigenvalue weighted by molar-refractivity contribution is 0.281. The van der Waals surface area contributed by atoms with Crippen LogP contribution in [0.2, 0.25) is 0 Å². The Bertz CT molecular complexity index is 717. The SMILES string of the molecule is Cc1ccc(-n2cc(-c3ccccc3)cn2)c(CO)c1. The number of aliphatic hydroxyl groups is 1. The lowest BCUT2D eigenvalue weighted by atomic mass is 10.1. The molecule has 3 nitrogen and oxygen atoms in total. The van der Waals surface area contributed by atoms with Gasteiger partial charge in [0.05, 0.1) is 18.5 Å². The number of aromatic nitrogens is 2. The van der Waals surface area contributed by atoms with Crippen molar-refractivity contribution in [2.24, 2.45) is 0 Å². The van der Waals surface area contributed by atoms with Gasteiger partial charge in [0.2, 0.25) is 0 Å². The second-order valence-corrected chi connectivity index (χ2v) is 4.83. The molecule has 0 spiro atoms. The van der Waals surface area contributed by atoms with E-state index in [-0.39, 0.29) is 6.61 Å². The van der Waals surface area contributed by atoms with Crippen LogP contribution >= 0.6 is 0 Å². The van der Waals surface area contributed by atoms with Crippen LogP contribution in [0.5, 0.6) is 0 Å². The summed E-state index contributed by atoms with van der Waals surface area (Å²) in [6.45, 7) is 2.03. The smallest absolute Gasteiger partial charge is 0.0703 e. The van der Waals surface area contributed by atoms with Gasteiger partial charge in [-0.2, -0.15) is 5.10 Å². The first kappa shape index (κ1) is 12.6. The van der Waals surface area contributed by atoms with Gasteiger partial charge < -0.3 is 5.11 Å². The van der Waals surface area contributed by atoms with Crippen molar-refractivity contribution in [1.82, 2.24) is 9.78 Å². The van der Waals surface area contributed by atoms with E-state index in [0.29, 0.717) is 0 Å². The zero-order valence-corrected chi connectivity index (χ0v) is 11.3. The van der Waals surface area contributed by atoms with Gasteiger partial charge in [-0.15, -0.1) is 0 Å². The Kier molecular flexibility index (Phi) is 3.35. The maximum absolute atomic E-state index is 9.49. The second kappa shape index (κ2) is 5.31. The van der Waals surface area contributed by atoms with Crippen molar-refractivity contribution in [3.8, 4) is 16.8 Å². The topological polar surface area (TPSA) is 38.0 Å². The van der Waals surface area contributed by atoms with Crippen molar-refractivity contribution in [3.05, 3.63) is 72.1 Å². The highest BCUT2D eigenvalue weighted by molar-refractivity contribution is 5.62. The van der Waals surface area contributed by atoms with Crippen LogP contribution in [0, 0.1) is 6.92 Å². The zero-order chi connectivity index (χ0) is 13.9. The highest BCUT2D eigenvalue weighted by atomic mass is 16.3. The van der Waals surface area contributed by atoms with E-state index in [9.17, 15) is 5.11 Å². The number of aryl methyl sites for hydroxylation is 1. The van der Waals surface area contributed by atoms with Crippen molar-refractivity contribution in [3.63, 3.8) is 0 Å². The lowest BCUT2D eigenvalue weighted by Crippen LogP contribution is -2.00. The monoisotopic (exact) mass is 264 g/mol. The Morgan fingerprint density at radius 1 is 1.05 bits per heavy atom. The largest absolute Gasteiger partial charge is 0.392 e. The van der Waals surface area contributed by atoms with Crippen LogP contribution in [-0.4, -0.2) is 14.9 Å². The van der Waals surface area contributed by atoms with Gasteiger partial charge in [-0.1, -0.05) is 48.0 Å². The molecule has 0 bridgehead atoms. The van der Waals surface area contributed by atoms with Gasteiger partial charge >= 0.3 is 0 Å². The van der Waals surface area contributed by atoms with Gasteiger partial charge in [-0.25, -0.2) is 4.68 Å². The Labute approximate surface area is 118 Å². The number of aliphatic hydroxyl groups excluding tert-OH is 1. The van der Waals surface area contributed by atoms with E-state index in [4.69, 9.17) is 0 Å². The third kappa shape index (κ3) is 2.36. The van der Waals surface area contributed by atoms with Crippen LogP contribution in [-0.2, 0) is 6.61 Å². The van der Waals surface area contributed by atoms with Crippen molar-refractivity contribution in [2.45, 2.75) is 13.5 Å². The summed E-state index contributed by atoms with van der Waals surface area (Å²) in [5.41, 5.74) is 5.13. The molecule has 3 aromatic rings. The fourth-order valence-corrected chi connectivity index (χ4v) is 2.30. The molecule has 3 heteroatoms. The molecule has 0 aliphatic heterocycles. The molecule has 1 aromatic heterocycles. The fraction of sp³-hybridized carbons (Fsp3) is 0.118. The van der Waals surface area contributed by atoms with E-state index >= 15 is 0 Å². The normalized spacial score (nSPS) is 10.7. The standard InChI is InChI=1S/C17H16N2O/c1-13-7-8-17(15(9-13)12-20)19-11-16(10-18-19)14-5-3-2-4-6-14/h2-11,20H,12H2,1H3. The molecule has 0 saturated heterocycles. The summed E-state index contributed by atoms with van der Waals surface area (Å²) >= 11 is 0. The van der Waals surface area contributed by atoms with E-state index < -0.39 is 0 Å². The zero-order valence-electron chi connectivity index (χ0n) is 11.3. The maximum atomic E-state index is 9.49. The number of hydrogen-bond acceptors (Lipinski definition) is 2. The maximum Gasteiger partial charge on any atom is 0.0703 e. The minimum absolute atomic E-state index is 0.0115. The summed E-state index contributed by atoms with van der Waals surface area (Å²) in [6, 6.07) is 16.1. The molecule has 0 unspecified atom stereocenters. The Morgan fingerprint density at radius 3 is 2.60 bits per heavy atom. The van der Waals surface area contributed by atoms with Crippen LogP contribution < -0.4 is 0 Å². The first-order chi connectivity index (χ1) is 9.78. The van der Waals surface area contributed by atoms with Gasteiger partial charge in [0.1, 0.15) is 0 Å². The number of hydrogen-bond donors (Lipinski definition) is 1. The summed E-state index contributed by atoms with van der Waals surface area (Å²) in [5.74, 6) is 0. The quantitative estimate of drug-likeness (QED) is 0.788. The summed E-state index contributed by atoms with van der Waals surface area (Å²) in [6.07, 6.45) is 3.83. The van der Waals surface area contributed by atoms with E-state index in [1.54, 1.807) is 0 Å². The van der Waals surface area contributed by atoms with Crippen molar-refractivity contribution in [2.75, 3.05) is 0 Å². The number of benzene rings is 2. The van der Waals surface area contributed by atoms with Crippen LogP contribution in [0.3, 0.4) is 0 Å². The van der Waals surface area contributed by atoms with Crippen LogP contribution in [0.4, 0.5) is 0 Å². The summed E-state index contributed by atoms with van der Waals surface area (Å²) in [7, 11) is 0. The van der Waals surface area contributed by atoms with Crippen LogP contribution in [0.15, 0.2) is 60.9 Å². The molecule has 0 aliphatic carbocycles. The first-order valence-corrected chi connectivity index (χ1v) is 6.59. The van der Waals surface area contributed by atoms with E-state index in [2.05, 4.69) is 17.2 Å². The predicted octanol–water partition coefficient (Wildman–Crippen LogP) is 3.34. The Hall–Kier alpha value is -2.39. The number of nitrogens with zero attached hydrogens (tertiary/aromatic N) is 2. The lowest BCUT2D eigenvalue weighted by Gasteiger charge is -2.08. The molecule has 2 aromatic carbocycles. The predicted molar refractivity (Wildman–Crippen MR) is 79.7 cm³/mol. The molecular formula is C17H16N2O. The first-order valence-electron chi connectivity index (χ1n) is 6.59. The molecule has 0 fully saturated rings. The fourth-order valence-electron chi connectivity index (χ4n) is 2.30. The van der Waals surface area contributed by atoms with Crippen LogP contribution in [0.1, 0.15) is 11.1 Å². The molecule has 0 aliphatic rings. The van der Waals surface area contributed by atoms with Gasteiger partial charge in [0.25, 0.3) is 0 Å². The Balaban J connectivity index is 2.02. The Morgan fingerprint density at radius 2 is 1.85 bits per heavy atom. The second-order valence-electron chi connectivity index (χ2n) is 4.83. The average Bonchev–Trinajstić information content (AvgIpc) is 2.97. The van der Waals surface area contributed by atoms with Gasteiger partial charge in [0, 0.05) is 17.3 Å². The minimum Gasteiger partial charge on any atom is -0.392 e. The van der Waals surface area contributed by atoms with E-state index in [1.165, 1.54) is 0 Å².